The Hall–Kier alpha value is -1.34. The third-order valence-corrected chi connectivity index (χ3v) is 8.81. The van der Waals surface area contributed by atoms with E-state index in [0.29, 0.717) is 6.42 Å². The molecule has 2 nitrogen and oxygen atoms in total. The van der Waals surface area contributed by atoms with E-state index in [9.17, 15) is 18.4 Å². The highest BCUT2D eigenvalue weighted by molar-refractivity contribution is 6.00. The SMILES string of the molecule is CC(C)=C(F)[C@]12CC[C@H]3[C@@H](CC[C@H]4CC(=O)CC[C@@]43C)[C@]1(F)C(F)(F)C(F)(F)C2=O. The zero-order valence-electron chi connectivity index (χ0n) is 17.3. The van der Waals surface area contributed by atoms with Gasteiger partial charge in [-0.1, -0.05) is 6.92 Å². The summed E-state index contributed by atoms with van der Waals surface area (Å²) in [6.07, 6.45) is 0.176. The van der Waals surface area contributed by atoms with Gasteiger partial charge in [0.15, 0.2) is 0 Å². The highest BCUT2D eigenvalue weighted by Gasteiger charge is 2.93. The second-order valence-corrected chi connectivity index (χ2v) is 10.2. The molecule has 0 saturated heterocycles. The van der Waals surface area contributed by atoms with Gasteiger partial charge in [-0.05, 0) is 68.8 Å². The molecule has 0 aromatic carbocycles. The molecule has 0 bridgehead atoms. The van der Waals surface area contributed by atoms with Gasteiger partial charge >= 0.3 is 11.8 Å². The van der Waals surface area contributed by atoms with E-state index < -0.39 is 58.2 Å². The molecule has 0 unspecified atom stereocenters. The lowest BCUT2D eigenvalue weighted by molar-refractivity contribution is -0.280. The number of halogens is 6. The lowest BCUT2D eigenvalue weighted by atomic mass is 9.43. The molecule has 0 aromatic rings. The van der Waals surface area contributed by atoms with E-state index in [-0.39, 0.29) is 49.4 Å². The van der Waals surface area contributed by atoms with E-state index in [1.54, 1.807) is 0 Å². The van der Waals surface area contributed by atoms with E-state index in [1.807, 2.05) is 6.92 Å². The maximum atomic E-state index is 16.7. The van der Waals surface area contributed by atoms with Crippen LogP contribution < -0.4 is 0 Å². The number of carbonyl (C=O) groups is 2. The molecular weight excluding hydrogens is 410 g/mol. The van der Waals surface area contributed by atoms with Gasteiger partial charge in [0.05, 0.1) is 0 Å². The molecule has 4 saturated carbocycles. The Morgan fingerprint density at radius 1 is 0.933 bits per heavy atom. The molecule has 0 radical (unpaired) electrons. The fourth-order valence-electron chi connectivity index (χ4n) is 7.28. The Morgan fingerprint density at radius 2 is 1.57 bits per heavy atom. The minimum absolute atomic E-state index is 0.00384. The van der Waals surface area contributed by atoms with Gasteiger partial charge in [-0.3, -0.25) is 9.59 Å². The number of fused-ring (bicyclic) bond motifs is 5. The molecule has 0 amide bonds. The molecule has 0 aliphatic heterocycles. The fraction of sp³-hybridized carbons (Fsp3) is 0.818. The molecule has 0 N–H and O–H groups in total. The summed E-state index contributed by atoms with van der Waals surface area (Å²) in [5.74, 6) is -16.8. The van der Waals surface area contributed by atoms with Crippen molar-refractivity contribution in [1.82, 2.24) is 0 Å². The summed E-state index contributed by atoms with van der Waals surface area (Å²) in [4.78, 5) is 24.6. The minimum atomic E-state index is -5.32. The number of carbonyl (C=O) groups excluding carboxylic acids is 2. The van der Waals surface area contributed by atoms with Crippen molar-refractivity contribution < 1.29 is 35.9 Å². The van der Waals surface area contributed by atoms with E-state index in [0.717, 1.165) is 0 Å². The van der Waals surface area contributed by atoms with Gasteiger partial charge in [-0.25, -0.2) is 8.78 Å². The maximum Gasteiger partial charge on any atom is 0.371 e. The van der Waals surface area contributed by atoms with Crippen LogP contribution in [-0.2, 0) is 9.59 Å². The normalized spacial score (nSPS) is 46.6. The highest BCUT2D eigenvalue weighted by Crippen LogP contribution is 2.75. The van der Waals surface area contributed by atoms with Crippen LogP contribution in [0.25, 0.3) is 0 Å². The third kappa shape index (κ3) is 2.14. The van der Waals surface area contributed by atoms with Crippen LogP contribution >= 0.6 is 0 Å². The largest absolute Gasteiger partial charge is 0.371 e. The van der Waals surface area contributed by atoms with Gasteiger partial charge in [-0.2, -0.15) is 17.6 Å². The van der Waals surface area contributed by atoms with Crippen LogP contribution in [0.15, 0.2) is 11.4 Å². The lowest BCUT2D eigenvalue weighted by Gasteiger charge is -2.61. The van der Waals surface area contributed by atoms with Crippen molar-refractivity contribution in [2.45, 2.75) is 83.2 Å². The Labute approximate surface area is 171 Å². The first kappa shape index (κ1) is 21.9. The van der Waals surface area contributed by atoms with Crippen LogP contribution in [0.5, 0.6) is 0 Å². The molecule has 4 fully saturated rings. The molecule has 8 heteroatoms. The van der Waals surface area contributed by atoms with Crippen LogP contribution in [0.4, 0.5) is 26.3 Å². The molecule has 0 heterocycles. The van der Waals surface area contributed by atoms with E-state index in [2.05, 4.69) is 0 Å². The first-order chi connectivity index (χ1) is 13.7. The Balaban J connectivity index is 1.93. The number of hydrogen-bond acceptors (Lipinski definition) is 2. The van der Waals surface area contributed by atoms with Gasteiger partial charge in [0.25, 0.3) is 0 Å². The fourth-order valence-corrected chi connectivity index (χ4v) is 7.28. The van der Waals surface area contributed by atoms with Crippen LogP contribution in [-0.4, -0.2) is 29.1 Å². The summed E-state index contributed by atoms with van der Waals surface area (Å²) < 4.78 is 91.5. The quantitative estimate of drug-likeness (QED) is 0.473. The second kappa shape index (κ2) is 6.12. The highest BCUT2D eigenvalue weighted by atomic mass is 19.3. The van der Waals surface area contributed by atoms with Gasteiger partial charge in [-0.15, -0.1) is 0 Å². The first-order valence-electron chi connectivity index (χ1n) is 10.5. The average molecular weight is 436 g/mol. The zero-order valence-corrected chi connectivity index (χ0v) is 17.3. The van der Waals surface area contributed by atoms with Crippen molar-refractivity contribution in [2.75, 3.05) is 0 Å². The number of allylic oxidation sites excluding steroid dienone is 2. The standard InChI is InChI=1S/C22H26F6O2/c1-11(2)16(23)19-9-7-14-15(5-4-12-10-13(29)6-8-18(12,14)3)20(19,24)22(27,28)21(25,26)17(19)30/h12,14-15H,4-10H2,1-3H3/t12-,14-,15+,18-,19-,20+/m0/s1. The summed E-state index contributed by atoms with van der Waals surface area (Å²) in [5, 5.41) is 0. The van der Waals surface area contributed by atoms with Gasteiger partial charge in [0.1, 0.15) is 17.0 Å². The number of ketones is 2. The zero-order chi connectivity index (χ0) is 22.5. The number of alkyl halides is 5. The van der Waals surface area contributed by atoms with E-state index in [4.69, 9.17) is 0 Å². The summed E-state index contributed by atoms with van der Waals surface area (Å²) in [6.45, 7) is 4.15. The molecule has 168 valence electrons. The molecule has 4 aliphatic rings. The summed E-state index contributed by atoms with van der Waals surface area (Å²) >= 11 is 0. The minimum Gasteiger partial charge on any atom is -0.300 e. The first-order valence-corrected chi connectivity index (χ1v) is 10.5. The molecule has 30 heavy (non-hydrogen) atoms. The summed E-state index contributed by atoms with van der Waals surface area (Å²) in [5.41, 5.74) is -8.12. The second-order valence-electron chi connectivity index (χ2n) is 10.2. The summed E-state index contributed by atoms with van der Waals surface area (Å²) in [6, 6.07) is 0. The predicted molar refractivity (Wildman–Crippen MR) is 96.6 cm³/mol. The smallest absolute Gasteiger partial charge is 0.300 e. The van der Waals surface area contributed by atoms with Crippen LogP contribution in [0, 0.1) is 28.6 Å². The average Bonchev–Trinajstić information content (AvgIpc) is 2.76. The maximum absolute atomic E-state index is 16.7. The van der Waals surface area contributed by atoms with E-state index in [1.165, 1.54) is 13.8 Å². The number of Topliss-reactive ketones (excluding diaryl/α,β-unsaturated/α-hetero) is 2. The lowest BCUT2D eigenvalue weighted by Crippen LogP contribution is -2.66. The third-order valence-electron chi connectivity index (χ3n) is 8.81. The molecule has 0 spiro atoms. The van der Waals surface area contributed by atoms with Crippen molar-refractivity contribution in [3.63, 3.8) is 0 Å². The summed E-state index contributed by atoms with van der Waals surface area (Å²) in [7, 11) is 0. The molecule has 4 rings (SSSR count). The van der Waals surface area contributed by atoms with Crippen molar-refractivity contribution in [2.24, 2.45) is 28.6 Å². The van der Waals surface area contributed by atoms with Crippen molar-refractivity contribution in [3.8, 4) is 0 Å². The predicted octanol–water partition coefficient (Wildman–Crippen LogP) is 5.99. The Kier molecular flexibility index (Phi) is 4.47. The van der Waals surface area contributed by atoms with Crippen LogP contribution in [0.2, 0.25) is 0 Å². The molecular formula is C22H26F6O2. The van der Waals surface area contributed by atoms with Crippen LogP contribution in [0.1, 0.15) is 65.7 Å². The van der Waals surface area contributed by atoms with Crippen molar-refractivity contribution >= 4 is 11.6 Å². The van der Waals surface area contributed by atoms with Crippen molar-refractivity contribution in [1.29, 1.82) is 0 Å². The van der Waals surface area contributed by atoms with E-state index >= 15 is 17.6 Å². The van der Waals surface area contributed by atoms with Crippen LogP contribution in [0.3, 0.4) is 0 Å². The monoisotopic (exact) mass is 436 g/mol. The number of rotatable bonds is 1. The topological polar surface area (TPSA) is 34.1 Å². The van der Waals surface area contributed by atoms with Gasteiger partial charge < -0.3 is 0 Å². The molecule has 6 atom stereocenters. The molecule has 4 aliphatic carbocycles. The Morgan fingerprint density at radius 3 is 2.17 bits per heavy atom. The van der Waals surface area contributed by atoms with Crippen molar-refractivity contribution in [3.05, 3.63) is 11.4 Å². The van der Waals surface area contributed by atoms with Gasteiger partial charge in [0, 0.05) is 18.8 Å². The molecule has 0 aromatic heterocycles. The van der Waals surface area contributed by atoms with Gasteiger partial charge in [0.2, 0.25) is 11.5 Å². The Bertz CT molecular complexity index is 847. The number of hydrogen-bond donors (Lipinski definition) is 0.